The van der Waals surface area contributed by atoms with Gasteiger partial charge in [0.15, 0.2) is 0 Å². The lowest BCUT2D eigenvalue weighted by Crippen LogP contribution is -2.12. The molecule has 4 nitrogen and oxygen atoms in total. The van der Waals surface area contributed by atoms with Crippen molar-refractivity contribution in [2.45, 2.75) is 46.1 Å². The summed E-state index contributed by atoms with van der Waals surface area (Å²) in [7, 11) is 0. The summed E-state index contributed by atoms with van der Waals surface area (Å²) in [5.74, 6) is 0.806. The Morgan fingerprint density at radius 3 is 2.80 bits per heavy atom. The first-order valence-electron chi connectivity index (χ1n) is 8.79. The minimum atomic E-state index is -0.0401. The Balaban J connectivity index is 2.15. The molecule has 1 atom stereocenters. The summed E-state index contributed by atoms with van der Waals surface area (Å²) in [4.78, 5) is 17.0. The van der Waals surface area contributed by atoms with Gasteiger partial charge in [-0.15, -0.1) is 0 Å². The molecule has 25 heavy (non-hydrogen) atoms. The lowest BCUT2D eigenvalue weighted by Gasteiger charge is -2.16. The van der Waals surface area contributed by atoms with E-state index in [9.17, 15) is 4.79 Å². The number of fused-ring (bicyclic) bond motifs is 1. The maximum absolute atomic E-state index is 12.9. The van der Waals surface area contributed by atoms with Gasteiger partial charge < -0.3 is 9.15 Å². The van der Waals surface area contributed by atoms with Gasteiger partial charge in [0.1, 0.15) is 17.6 Å². The Bertz CT molecular complexity index is 916. The van der Waals surface area contributed by atoms with Crippen LogP contribution in [0.2, 0.25) is 0 Å². The zero-order chi connectivity index (χ0) is 17.8. The molecule has 0 bridgehead atoms. The van der Waals surface area contributed by atoms with Gasteiger partial charge in [-0.3, -0.25) is 9.78 Å². The highest BCUT2D eigenvalue weighted by atomic mass is 16.5. The number of hydrogen-bond acceptors (Lipinski definition) is 4. The second kappa shape index (κ2) is 7.51. The van der Waals surface area contributed by atoms with Gasteiger partial charge in [0.2, 0.25) is 5.43 Å². The van der Waals surface area contributed by atoms with Crippen LogP contribution in [0.1, 0.15) is 39.2 Å². The van der Waals surface area contributed by atoms with Crippen molar-refractivity contribution in [3.8, 4) is 16.9 Å². The predicted octanol–water partition coefficient (Wildman–Crippen LogP) is 4.98. The standard InChI is InChI=1S/C21H23NO3/c1-4-7-15-10-17-20(11-19(15)25-14(3)5-2)24-13-18(21(17)23)16-8-6-9-22-12-16/h6,8-14H,4-5,7H2,1-3H3/t14-/m0/s1. The number of aromatic nitrogens is 1. The van der Waals surface area contributed by atoms with Crippen LogP contribution in [-0.2, 0) is 6.42 Å². The van der Waals surface area contributed by atoms with E-state index in [-0.39, 0.29) is 11.5 Å². The molecule has 3 aromatic rings. The summed E-state index contributed by atoms with van der Waals surface area (Å²) < 4.78 is 11.8. The third-order valence-corrected chi connectivity index (χ3v) is 4.35. The summed E-state index contributed by atoms with van der Waals surface area (Å²) in [6.45, 7) is 6.25. The number of hydrogen-bond donors (Lipinski definition) is 0. The SMILES string of the molecule is CCCc1cc2c(=O)c(-c3cccnc3)coc2cc1O[C@@H](C)CC. The predicted molar refractivity (Wildman–Crippen MR) is 100 cm³/mol. The zero-order valence-corrected chi connectivity index (χ0v) is 14.9. The average molecular weight is 337 g/mol. The van der Waals surface area contributed by atoms with E-state index >= 15 is 0 Å². The van der Waals surface area contributed by atoms with Gasteiger partial charge in [0, 0.05) is 24.0 Å². The monoisotopic (exact) mass is 337 g/mol. The molecule has 0 aliphatic rings. The van der Waals surface area contributed by atoms with Crippen LogP contribution in [0.4, 0.5) is 0 Å². The molecule has 0 aliphatic carbocycles. The van der Waals surface area contributed by atoms with Crippen LogP contribution in [0.15, 0.2) is 52.1 Å². The molecule has 3 rings (SSSR count). The Morgan fingerprint density at radius 1 is 1.28 bits per heavy atom. The molecule has 4 heteroatoms. The molecule has 0 spiro atoms. The molecule has 0 aliphatic heterocycles. The van der Waals surface area contributed by atoms with E-state index in [4.69, 9.17) is 9.15 Å². The van der Waals surface area contributed by atoms with Crippen molar-refractivity contribution < 1.29 is 9.15 Å². The Kier molecular flexibility index (Phi) is 5.17. The van der Waals surface area contributed by atoms with E-state index in [1.165, 1.54) is 6.26 Å². The molecule has 0 N–H and O–H groups in total. The fourth-order valence-electron chi connectivity index (χ4n) is 2.80. The summed E-state index contributed by atoms with van der Waals surface area (Å²) in [5.41, 5.74) is 2.84. The highest BCUT2D eigenvalue weighted by molar-refractivity contribution is 5.83. The number of benzene rings is 1. The topological polar surface area (TPSA) is 52.3 Å². The van der Waals surface area contributed by atoms with Crippen LogP contribution in [-0.4, -0.2) is 11.1 Å². The minimum Gasteiger partial charge on any atom is -0.490 e. The van der Waals surface area contributed by atoms with E-state index in [0.29, 0.717) is 16.5 Å². The molecule has 0 amide bonds. The van der Waals surface area contributed by atoms with Crippen molar-refractivity contribution in [2.24, 2.45) is 0 Å². The molecule has 0 radical (unpaired) electrons. The Hall–Kier alpha value is -2.62. The highest BCUT2D eigenvalue weighted by Gasteiger charge is 2.14. The molecule has 0 saturated carbocycles. The summed E-state index contributed by atoms with van der Waals surface area (Å²) in [5, 5.41) is 0.585. The normalized spacial score (nSPS) is 12.3. The third kappa shape index (κ3) is 3.58. The second-order valence-electron chi connectivity index (χ2n) is 6.26. The maximum atomic E-state index is 12.9. The molecule has 2 heterocycles. The molecule has 2 aromatic heterocycles. The van der Waals surface area contributed by atoms with Gasteiger partial charge in [-0.25, -0.2) is 0 Å². The van der Waals surface area contributed by atoms with E-state index < -0.39 is 0 Å². The minimum absolute atomic E-state index is 0.0401. The molecule has 0 fully saturated rings. The van der Waals surface area contributed by atoms with Crippen molar-refractivity contribution in [3.63, 3.8) is 0 Å². The second-order valence-corrected chi connectivity index (χ2v) is 6.26. The summed E-state index contributed by atoms with van der Waals surface area (Å²) in [6.07, 6.45) is 7.75. The Labute approximate surface area is 147 Å². The van der Waals surface area contributed by atoms with Crippen LogP contribution >= 0.6 is 0 Å². The summed E-state index contributed by atoms with van der Waals surface area (Å²) in [6, 6.07) is 7.44. The van der Waals surface area contributed by atoms with Crippen molar-refractivity contribution in [1.29, 1.82) is 0 Å². The molecule has 0 saturated heterocycles. The summed E-state index contributed by atoms with van der Waals surface area (Å²) >= 11 is 0. The maximum Gasteiger partial charge on any atom is 0.200 e. The highest BCUT2D eigenvalue weighted by Crippen LogP contribution is 2.28. The number of nitrogens with zero attached hydrogens (tertiary/aromatic N) is 1. The number of rotatable bonds is 6. The van der Waals surface area contributed by atoms with Crippen LogP contribution in [0.3, 0.4) is 0 Å². The van der Waals surface area contributed by atoms with E-state index in [1.807, 2.05) is 31.2 Å². The van der Waals surface area contributed by atoms with E-state index in [0.717, 1.165) is 36.1 Å². The van der Waals surface area contributed by atoms with Gasteiger partial charge in [-0.1, -0.05) is 26.3 Å². The van der Waals surface area contributed by atoms with E-state index in [1.54, 1.807) is 12.4 Å². The van der Waals surface area contributed by atoms with Crippen molar-refractivity contribution in [1.82, 2.24) is 4.98 Å². The lowest BCUT2D eigenvalue weighted by molar-refractivity contribution is 0.215. The number of aryl methyl sites for hydroxylation is 1. The van der Waals surface area contributed by atoms with Gasteiger partial charge in [-0.05, 0) is 37.5 Å². The van der Waals surface area contributed by atoms with Crippen molar-refractivity contribution >= 4 is 11.0 Å². The smallest absolute Gasteiger partial charge is 0.200 e. The average Bonchev–Trinajstić information content (AvgIpc) is 2.64. The zero-order valence-electron chi connectivity index (χ0n) is 14.9. The van der Waals surface area contributed by atoms with Gasteiger partial charge in [0.05, 0.1) is 17.1 Å². The van der Waals surface area contributed by atoms with Crippen molar-refractivity contribution in [2.75, 3.05) is 0 Å². The first kappa shape index (κ1) is 17.2. The first-order chi connectivity index (χ1) is 12.1. The number of ether oxygens (including phenoxy) is 1. The van der Waals surface area contributed by atoms with Crippen LogP contribution in [0, 0.1) is 0 Å². The molecule has 130 valence electrons. The van der Waals surface area contributed by atoms with Crippen molar-refractivity contribution in [3.05, 3.63) is 58.7 Å². The van der Waals surface area contributed by atoms with Gasteiger partial charge >= 0.3 is 0 Å². The van der Waals surface area contributed by atoms with Crippen LogP contribution in [0.5, 0.6) is 5.75 Å². The fourth-order valence-corrected chi connectivity index (χ4v) is 2.80. The molecular weight excluding hydrogens is 314 g/mol. The first-order valence-corrected chi connectivity index (χ1v) is 8.79. The third-order valence-electron chi connectivity index (χ3n) is 4.35. The quantitative estimate of drug-likeness (QED) is 0.636. The Morgan fingerprint density at radius 2 is 2.12 bits per heavy atom. The molecule has 1 aromatic carbocycles. The lowest BCUT2D eigenvalue weighted by atomic mass is 10.0. The van der Waals surface area contributed by atoms with Gasteiger partial charge in [-0.2, -0.15) is 0 Å². The number of pyridine rings is 1. The van der Waals surface area contributed by atoms with E-state index in [2.05, 4.69) is 18.8 Å². The van der Waals surface area contributed by atoms with Crippen LogP contribution in [0.25, 0.3) is 22.1 Å². The fraction of sp³-hybridized carbons (Fsp3) is 0.333. The largest absolute Gasteiger partial charge is 0.490 e. The molecular formula is C21H23NO3. The molecule has 0 unspecified atom stereocenters. The van der Waals surface area contributed by atoms with Gasteiger partial charge in [0.25, 0.3) is 0 Å². The van der Waals surface area contributed by atoms with Crippen LogP contribution < -0.4 is 10.2 Å².